The lowest BCUT2D eigenvalue weighted by atomic mass is 9.94. The van der Waals surface area contributed by atoms with E-state index in [0.29, 0.717) is 12.0 Å². The minimum atomic E-state index is -0.540. The number of Topliss-reactive ketones (excluding diaryl/α,β-unsaturated/α-hetero) is 1. The molecule has 98 valence electrons. The molecular formula is C14H17FO3. The van der Waals surface area contributed by atoms with Crippen molar-refractivity contribution < 1.29 is 19.0 Å². The third-order valence-electron chi connectivity index (χ3n) is 3.27. The summed E-state index contributed by atoms with van der Waals surface area (Å²) in [5, 5.41) is 9.83. The predicted molar refractivity (Wildman–Crippen MR) is 65.3 cm³/mol. The van der Waals surface area contributed by atoms with Crippen molar-refractivity contribution in [1.82, 2.24) is 0 Å². The Kier molecular flexibility index (Phi) is 3.97. The normalized spacial score (nSPS) is 23.7. The topological polar surface area (TPSA) is 46.5 Å². The van der Waals surface area contributed by atoms with Gasteiger partial charge in [0.05, 0.1) is 11.7 Å². The molecule has 0 radical (unpaired) electrons. The van der Waals surface area contributed by atoms with Gasteiger partial charge in [0, 0.05) is 6.07 Å². The van der Waals surface area contributed by atoms with Crippen molar-refractivity contribution >= 4 is 5.78 Å². The molecule has 1 aromatic carbocycles. The third-order valence-corrected chi connectivity index (χ3v) is 3.27. The molecule has 18 heavy (non-hydrogen) atoms. The van der Waals surface area contributed by atoms with Crippen molar-refractivity contribution in [2.24, 2.45) is 0 Å². The maximum Gasteiger partial charge on any atom is 0.163 e. The number of carbonyl (C=O) groups is 1. The fourth-order valence-corrected chi connectivity index (χ4v) is 2.26. The van der Waals surface area contributed by atoms with E-state index in [9.17, 15) is 14.3 Å². The van der Waals surface area contributed by atoms with Crippen LogP contribution in [0.5, 0.6) is 5.75 Å². The zero-order chi connectivity index (χ0) is 13.1. The van der Waals surface area contributed by atoms with E-state index >= 15 is 0 Å². The van der Waals surface area contributed by atoms with Gasteiger partial charge < -0.3 is 9.84 Å². The van der Waals surface area contributed by atoms with Crippen LogP contribution < -0.4 is 4.74 Å². The quantitative estimate of drug-likeness (QED) is 0.841. The predicted octanol–water partition coefficient (Wildman–Crippen LogP) is 2.71. The van der Waals surface area contributed by atoms with E-state index in [1.807, 2.05) is 0 Å². The van der Waals surface area contributed by atoms with Gasteiger partial charge in [-0.1, -0.05) is 6.42 Å². The van der Waals surface area contributed by atoms with Crippen molar-refractivity contribution in [3.63, 3.8) is 0 Å². The Hall–Kier alpha value is -1.42. The number of ketones is 1. The zero-order valence-electron chi connectivity index (χ0n) is 10.4. The van der Waals surface area contributed by atoms with E-state index in [1.54, 1.807) is 0 Å². The van der Waals surface area contributed by atoms with Crippen molar-refractivity contribution in [2.75, 3.05) is 0 Å². The highest BCUT2D eigenvalue weighted by Crippen LogP contribution is 2.27. The van der Waals surface area contributed by atoms with Crippen LogP contribution >= 0.6 is 0 Å². The van der Waals surface area contributed by atoms with Gasteiger partial charge in [0.2, 0.25) is 0 Å². The van der Waals surface area contributed by atoms with Gasteiger partial charge in [0.15, 0.2) is 5.78 Å². The minimum Gasteiger partial charge on any atom is -0.487 e. The van der Waals surface area contributed by atoms with Gasteiger partial charge in [-0.3, -0.25) is 4.79 Å². The van der Waals surface area contributed by atoms with Gasteiger partial charge in [-0.15, -0.1) is 0 Å². The fraction of sp³-hybridized carbons (Fsp3) is 0.500. The van der Waals surface area contributed by atoms with Crippen LogP contribution in [-0.2, 0) is 0 Å². The summed E-state index contributed by atoms with van der Waals surface area (Å²) in [6.07, 6.45) is 2.49. The first-order valence-corrected chi connectivity index (χ1v) is 6.23. The Bertz CT molecular complexity index is 445. The number of carbonyl (C=O) groups excluding carboxylic acids is 1. The van der Waals surface area contributed by atoms with Crippen molar-refractivity contribution in [1.29, 1.82) is 0 Å². The molecule has 0 heterocycles. The Labute approximate surface area is 106 Å². The van der Waals surface area contributed by atoms with Gasteiger partial charge in [-0.2, -0.15) is 0 Å². The number of benzene rings is 1. The highest BCUT2D eigenvalue weighted by molar-refractivity contribution is 5.96. The Morgan fingerprint density at radius 3 is 2.78 bits per heavy atom. The lowest BCUT2D eigenvalue weighted by Crippen LogP contribution is -2.35. The first kappa shape index (κ1) is 13.0. The number of aliphatic hydroxyl groups is 1. The lowest BCUT2D eigenvalue weighted by Gasteiger charge is -2.28. The van der Waals surface area contributed by atoms with Crippen LogP contribution in [0.2, 0.25) is 0 Å². The molecule has 0 saturated heterocycles. The van der Waals surface area contributed by atoms with E-state index in [4.69, 9.17) is 4.74 Å². The van der Waals surface area contributed by atoms with Gasteiger partial charge in [0.1, 0.15) is 17.7 Å². The van der Waals surface area contributed by atoms with Gasteiger partial charge in [0.25, 0.3) is 0 Å². The average Bonchev–Trinajstić information content (AvgIpc) is 2.32. The highest BCUT2D eigenvalue weighted by Gasteiger charge is 2.26. The second-order valence-corrected chi connectivity index (χ2v) is 4.70. The van der Waals surface area contributed by atoms with Crippen molar-refractivity contribution in [3.8, 4) is 5.75 Å². The maximum absolute atomic E-state index is 13.2. The Morgan fingerprint density at radius 1 is 1.39 bits per heavy atom. The number of hydrogen-bond donors (Lipinski definition) is 1. The van der Waals surface area contributed by atoms with Gasteiger partial charge >= 0.3 is 0 Å². The van der Waals surface area contributed by atoms with Crippen LogP contribution in [0.15, 0.2) is 18.2 Å². The summed E-state index contributed by atoms with van der Waals surface area (Å²) in [5.41, 5.74) is 0.356. The summed E-state index contributed by atoms with van der Waals surface area (Å²) < 4.78 is 18.8. The molecule has 3 nitrogen and oxygen atoms in total. The van der Waals surface area contributed by atoms with Crippen LogP contribution in [0.25, 0.3) is 0 Å². The van der Waals surface area contributed by atoms with Gasteiger partial charge in [-0.05, 0) is 38.3 Å². The van der Waals surface area contributed by atoms with Crippen LogP contribution in [-0.4, -0.2) is 23.1 Å². The molecule has 1 aromatic rings. The highest BCUT2D eigenvalue weighted by atomic mass is 19.1. The smallest absolute Gasteiger partial charge is 0.163 e. The molecule has 0 amide bonds. The van der Waals surface area contributed by atoms with Crippen molar-refractivity contribution in [2.45, 2.75) is 44.8 Å². The number of halogens is 1. The molecule has 1 saturated carbocycles. The van der Waals surface area contributed by atoms with Crippen LogP contribution in [0.3, 0.4) is 0 Å². The monoisotopic (exact) mass is 252 g/mol. The molecule has 2 rings (SSSR count). The number of hydrogen-bond acceptors (Lipinski definition) is 3. The first-order valence-electron chi connectivity index (χ1n) is 6.23. The number of ether oxygens (including phenoxy) is 1. The van der Waals surface area contributed by atoms with Crippen LogP contribution in [0.1, 0.15) is 43.0 Å². The largest absolute Gasteiger partial charge is 0.487 e. The number of rotatable bonds is 3. The molecule has 0 bridgehead atoms. The first-order chi connectivity index (χ1) is 8.58. The minimum absolute atomic E-state index is 0.171. The number of aliphatic hydroxyl groups excluding tert-OH is 1. The maximum atomic E-state index is 13.2. The molecule has 0 aromatic heterocycles. The SMILES string of the molecule is CC(=O)c1ccc(F)cc1OC1CCCCC1O. The second kappa shape index (κ2) is 5.48. The fourth-order valence-electron chi connectivity index (χ4n) is 2.26. The molecular weight excluding hydrogens is 235 g/mol. The molecule has 1 aliphatic carbocycles. The molecule has 1 N–H and O–H groups in total. The summed E-state index contributed by atoms with van der Waals surface area (Å²) >= 11 is 0. The van der Waals surface area contributed by atoms with Gasteiger partial charge in [-0.25, -0.2) is 4.39 Å². The molecule has 1 aliphatic rings. The van der Waals surface area contributed by atoms with Crippen molar-refractivity contribution in [3.05, 3.63) is 29.6 Å². The van der Waals surface area contributed by atoms with E-state index < -0.39 is 11.9 Å². The van der Waals surface area contributed by atoms with Crippen LogP contribution in [0, 0.1) is 5.82 Å². The standard InChI is InChI=1S/C14H17FO3/c1-9(16)11-7-6-10(15)8-14(11)18-13-5-3-2-4-12(13)17/h6-8,12-13,17H,2-5H2,1H3. The summed E-state index contributed by atoms with van der Waals surface area (Å²) in [4.78, 5) is 11.4. The van der Waals surface area contributed by atoms with E-state index in [2.05, 4.69) is 0 Å². The zero-order valence-corrected chi connectivity index (χ0v) is 10.4. The average molecular weight is 252 g/mol. The Morgan fingerprint density at radius 2 is 2.11 bits per heavy atom. The molecule has 0 spiro atoms. The van der Waals surface area contributed by atoms with Crippen LogP contribution in [0.4, 0.5) is 4.39 Å². The lowest BCUT2D eigenvalue weighted by molar-refractivity contribution is 0.00633. The molecule has 1 fully saturated rings. The summed E-state index contributed by atoms with van der Waals surface area (Å²) in [5.74, 6) is -0.385. The molecule has 2 unspecified atom stereocenters. The summed E-state index contributed by atoms with van der Waals surface area (Å²) in [7, 11) is 0. The second-order valence-electron chi connectivity index (χ2n) is 4.70. The Balaban J connectivity index is 2.21. The van der Waals surface area contributed by atoms with E-state index in [-0.39, 0.29) is 17.6 Å². The molecule has 0 aliphatic heterocycles. The van der Waals surface area contributed by atoms with E-state index in [0.717, 1.165) is 19.3 Å². The molecule has 4 heteroatoms. The summed E-state index contributed by atoms with van der Waals surface area (Å²) in [6.45, 7) is 1.41. The van der Waals surface area contributed by atoms with E-state index in [1.165, 1.54) is 25.1 Å². The third kappa shape index (κ3) is 2.88. The molecule has 2 atom stereocenters. The summed E-state index contributed by atoms with van der Waals surface area (Å²) in [6, 6.07) is 3.86.